The summed E-state index contributed by atoms with van der Waals surface area (Å²) in [6.07, 6.45) is -5.49. The molecule has 0 saturated heterocycles. The van der Waals surface area contributed by atoms with Crippen molar-refractivity contribution in [2.24, 2.45) is 0 Å². The highest BCUT2D eigenvalue weighted by Gasteiger charge is 2.25. The first-order valence-electron chi connectivity index (χ1n) is 3.19. The lowest BCUT2D eigenvalue weighted by molar-refractivity contribution is -0.121. The molecule has 3 unspecified atom stereocenters. The van der Waals surface area contributed by atoms with Crippen molar-refractivity contribution in [3.05, 3.63) is 0 Å². The van der Waals surface area contributed by atoms with Gasteiger partial charge in [0.15, 0.2) is 12.5 Å². The molecule has 0 spiro atoms. The van der Waals surface area contributed by atoms with Crippen LogP contribution >= 0.6 is 0 Å². The lowest BCUT2D eigenvalue weighted by Gasteiger charge is -2.15. The Morgan fingerprint density at radius 2 is 2.00 bits per heavy atom. The SMILES string of the molecule is O=CC(O)C(F)C(O)CCO. The van der Waals surface area contributed by atoms with E-state index in [0.29, 0.717) is 0 Å². The average Bonchev–Trinajstić information content (AvgIpc) is 2.02. The Hall–Kier alpha value is -0.520. The van der Waals surface area contributed by atoms with E-state index < -0.39 is 18.4 Å². The Morgan fingerprint density at radius 1 is 1.45 bits per heavy atom. The molecule has 0 saturated carbocycles. The van der Waals surface area contributed by atoms with E-state index in [1.165, 1.54) is 0 Å². The van der Waals surface area contributed by atoms with Gasteiger partial charge in [0.1, 0.15) is 6.10 Å². The number of aliphatic hydroxyl groups is 3. The summed E-state index contributed by atoms with van der Waals surface area (Å²) in [6, 6.07) is 0. The van der Waals surface area contributed by atoms with E-state index in [0.717, 1.165) is 0 Å². The number of hydrogen-bond donors (Lipinski definition) is 3. The Morgan fingerprint density at radius 3 is 2.36 bits per heavy atom. The number of hydrogen-bond acceptors (Lipinski definition) is 4. The van der Waals surface area contributed by atoms with Crippen LogP contribution in [0, 0.1) is 0 Å². The molecule has 0 aliphatic heterocycles. The first-order valence-corrected chi connectivity index (χ1v) is 3.19. The Kier molecular flexibility index (Phi) is 4.93. The van der Waals surface area contributed by atoms with Crippen molar-refractivity contribution in [2.75, 3.05) is 6.61 Å². The van der Waals surface area contributed by atoms with Gasteiger partial charge in [-0.3, -0.25) is 0 Å². The van der Waals surface area contributed by atoms with Gasteiger partial charge >= 0.3 is 0 Å². The largest absolute Gasteiger partial charge is 0.396 e. The van der Waals surface area contributed by atoms with Crippen LogP contribution in [-0.4, -0.2) is 46.6 Å². The van der Waals surface area contributed by atoms with Gasteiger partial charge in [-0.15, -0.1) is 0 Å². The average molecular weight is 166 g/mol. The first-order chi connectivity index (χ1) is 5.13. The summed E-state index contributed by atoms with van der Waals surface area (Å²) < 4.78 is 12.5. The maximum Gasteiger partial charge on any atom is 0.158 e. The fourth-order valence-electron chi connectivity index (χ4n) is 0.594. The van der Waals surface area contributed by atoms with Crippen LogP contribution in [-0.2, 0) is 4.79 Å². The van der Waals surface area contributed by atoms with Crippen molar-refractivity contribution in [3.63, 3.8) is 0 Å². The molecular weight excluding hydrogens is 155 g/mol. The lowest BCUT2D eigenvalue weighted by Crippen LogP contribution is -2.35. The van der Waals surface area contributed by atoms with E-state index in [1.54, 1.807) is 0 Å². The molecule has 3 atom stereocenters. The summed E-state index contributed by atoms with van der Waals surface area (Å²) >= 11 is 0. The molecule has 0 heterocycles. The van der Waals surface area contributed by atoms with Crippen LogP contribution in [0.15, 0.2) is 0 Å². The normalized spacial score (nSPS) is 18.9. The highest BCUT2D eigenvalue weighted by molar-refractivity contribution is 5.56. The molecule has 0 fully saturated rings. The quantitative estimate of drug-likeness (QED) is 0.440. The fraction of sp³-hybridized carbons (Fsp3) is 0.833. The van der Waals surface area contributed by atoms with Crippen LogP contribution in [0.25, 0.3) is 0 Å². The molecule has 4 nitrogen and oxygen atoms in total. The molecule has 0 amide bonds. The van der Waals surface area contributed by atoms with Gasteiger partial charge in [0.25, 0.3) is 0 Å². The van der Waals surface area contributed by atoms with Gasteiger partial charge in [-0.25, -0.2) is 4.39 Å². The summed E-state index contributed by atoms with van der Waals surface area (Å²) in [5.74, 6) is 0. The van der Waals surface area contributed by atoms with Crippen LogP contribution in [0.4, 0.5) is 4.39 Å². The van der Waals surface area contributed by atoms with Crippen LogP contribution in [0.5, 0.6) is 0 Å². The van der Waals surface area contributed by atoms with Gasteiger partial charge in [-0.2, -0.15) is 0 Å². The Bertz CT molecular complexity index is 119. The van der Waals surface area contributed by atoms with Crippen molar-refractivity contribution in [1.29, 1.82) is 0 Å². The van der Waals surface area contributed by atoms with Crippen LogP contribution in [0.3, 0.4) is 0 Å². The second-order valence-electron chi connectivity index (χ2n) is 2.15. The molecule has 3 N–H and O–H groups in total. The van der Waals surface area contributed by atoms with Gasteiger partial charge in [0, 0.05) is 6.61 Å². The molecule has 66 valence electrons. The van der Waals surface area contributed by atoms with Gasteiger partial charge in [-0.05, 0) is 6.42 Å². The zero-order chi connectivity index (χ0) is 8.85. The molecule has 0 aliphatic carbocycles. The zero-order valence-electron chi connectivity index (χ0n) is 5.85. The zero-order valence-corrected chi connectivity index (χ0v) is 5.85. The van der Waals surface area contributed by atoms with Gasteiger partial charge in [-0.1, -0.05) is 0 Å². The summed E-state index contributed by atoms with van der Waals surface area (Å²) in [7, 11) is 0. The molecular formula is C6H11FO4. The molecule has 0 aromatic carbocycles. The van der Waals surface area contributed by atoms with Crippen molar-refractivity contribution in [2.45, 2.75) is 24.8 Å². The molecule has 0 aliphatic rings. The van der Waals surface area contributed by atoms with Crippen molar-refractivity contribution in [3.8, 4) is 0 Å². The lowest BCUT2D eigenvalue weighted by atomic mass is 10.1. The van der Waals surface area contributed by atoms with E-state index in [2.05, 4.69) is 0 Å². The monoisotopic (exact) mass is 166 g/mol. The number of alkyl halides is 1. The Balaban J connectivity index is 3.79. The number of aliphatic hydroxyl groups excluding tert-OH is 3. The highest BCUT2D eigenvalue weighted by Crippen LogP contribution is 2.06. The van der Waals surface area contributed by atoms with Crippen LogP contribution < -0.4 is 0 Å². The third-order valence-electron chi connectivity index (χ3n) is 1.26. The smallest absolute Gasteiger partial charge is 0.158 e. The topological polar surface area (TPSA) is 77.8 Å². The van der Waals surface area contributed by atoms with Crippen molar-refractivity contribution in [1.82, 2.24) is 0 Å². The number of carbonyl (C=O) groups is 1. The van der Waals surface area contributed by atoms with Crippen molar-refractivity contribution >= 4 is 6.29 Å². The predicted molar refractivity (Wildman–Crippen MR) is 34.7 cm³/mol. The maximum atomic E-state index is 12.5. The van der Waals surface area contributed by atoms with Gasteiger partial charge in [0.05, 0.1) is 6.10 Å². The van der Waals surface area contributed by atoms with Crippen LogP contribution in [0.1, 0.15) is 6.42 Å². The third kappa shape index (κ3) is 3.41. The molecule has 0 bridgehead atoms. The van der Waals surface area contributed by atoms with E-state index in [4.69, 9.17) is 15.3 Å². The second kappa shape index (κ2) is 5.17. The summed E-state index contributed by atoms with van der Waals surface area (Å²) in [5.41, 5.74) is 0. The van der Waals surface area contributed by atoms with Gasteiger partial charge < -0.3 is 20.1 Å². The molecule has 0 aromatic rings. The molecule has 5 heteroatoms. The van der Waals surface area contributed by atoms with Crippen molar-refractivity contribution < 1.29 is 24.5 Å². The second-order valence-corrected chi connectivity index (χ2v) is 2.15. The minimum Gasteiger partial charge on any atom is -0.396 e. The van der Waals surface area contributed by atoms with E-state index >= 15 is 0 Å². The number of aldehydes is 1. The predicted octanol–water partition coefficient (Wildman–Crippen LogP) is -1.37. The molecule has 0 aromatic heterocycles. The first kappa shape index (κ1) is 10.5. The third-order valence-corrected chi connectivity index (χ3v) is 1.26. The summed E-state index contributed by atoms with van der Waals surface area (Å²) in [5, 5.41) is 25.5. The Labute approximate surface area is 63.3 Å². The highest BCUT2D eigenvalue weighted by atomic mass is 19.1. The number of carbonyl (C=O) groups excluding carboxylic acids is 1. The maximum absolute atomic E-state index is 12.5. The minimum atomic E-state index is -2.01. The van der Waals surface area contributed by atoms with E-state index in [1.807, 2.05) is 0 Å². The standard InChI is InChI=1S/C6H11FO4/c7-6(5(11)3-9)4(10)1-2-8/h3-6,8,10-11H,1-2H2. The molecule has 0 rings (SSSR count). The minimum absolute atomic E-state index is 0.00522. The van der Waals surface area contributed by atoms with E-state index in [9.17, 15) is 9.18 Å². The summed E-state index contributed by atoms with van der Waals surface area (Å²) in [6.45, 7) is -0.382. The number of halogens is 1. The fourth-order valence-corrected chi connectivity index (χ4v) is 0.594. The van der Waals surface area contributed by atoms with E-state index in [-0.39, 0.29) is 19.3 Å². The van der Waals surface area contributed by atoms with Gasteiger partial charge in [0.2, 0.25) is 0 Å². The number of rotatable bonds is 5. The summed E-state index contributed by atoms with van der Waals surface area (Å²) in [4.78, 5) is 9.79. The molecule has 11 heavy (non-hydrogen) atoms. The van der Waals surface area contributed by atoms with Crippen LogP contribution in [0.2, 0.25) is 0 Å². The molecule has 0 radical (unpaired) electrons.